The standard InChI is InChI=1S/C22H28O4/c1-24-21-11-6-18(7-12-21)5-10-20(23)4-3-16-26-17-15-19-8-13-22(25-2)14-9-19/h6-9,11-14H,3-5,10,15-17H2,1-2H3. The van der Waals surface area contributed by atoms with Crippen molar-refractivity contribution in [2.24, 2.45) is 0 Å². The minimum atomic E-state index is 0.291. The first-order chi connectivity index (χ1) is 12.7. The zero-order valence-electron chi connectivity index (χ0n) is 15.7. The molecule has 2 aromatic rings. The van der Waals surface area contributed by atoms with Crippen molar-refractivity contribution in [1.82, 2.24) is 0 Å². The summed E-state index contributed by atoms with van der Waals surface area (Å²) in [6.45, 7) is 1.30. The third-order valence-corrected chi connectivity index (χ3v) is 4.29. The van der Waals surface area contributed by atoms with E-state index in [4.69, 9.17) is 14.2 Å². The van der Waals surface area contributed by atoms with Crippen LogP contribution in [0, 0.1) is 0 Å². The fourth-order valence-electron chi connectivity index (χ4n) is 2.66. The predicted molar refractivity (Wildman–Crippen MR) is 103 cm³/mol. The van der Waals surface area contributed by atoms with Gasteiger partial charge in [-0.25, -0.2) is 0 Å². The Balaban J connectivity index is 1.52. The maximum Gasteiger partial charge on any atom is 0.133 e. The lowest BCUT2D eigenvalue weighted by Crippen LogP contribution is -2.05. The number of hydrogen-bond acceptors (Lipinski definition) is 4. The number of benzene rings is 2. The number of Topliss-reactive ketones (excluding diaryl/α,β-unsaturated/α-hetero) is 1. The molecule has 0 saturated heterocycles. The molecule has 0 saturated carbocycles. The second-order valence-electron chi connectivity index (χ2n) is 6.20. The highest BCUT2D eigenvalue weighted by molar-refractivity contribution is 5.78. The molecule has 0 bridgehead atoms. The van der Waals surface area contributed by atoms with Gasteiger partial charge < -0.3 is 14.2 Å². The average molecular weight is 356 g/mol. The van der Waals surface area contributed by atoms with Gasteiger partial charge in [-0.15, -0.1) is 0 Å². The summed E-state index contributed by atoms with van der Waals surface area (Å²) in [6, 6.07) is 15.9. The van der Waals surface area contributed by atoms with Crippen molar-refractivity contribution in [2.75, 3.05) is 27.4 Å². The van der Waals surface area contributed by atoms with E-state index in [-0.39, 0.29) is 0 Å². The highest BCUT2D eigenvalue weighted by atomic mass is 16.5. The molecule has 0 aliphatic carbocycles. The number of ketones is 1. The molecular weight excluding hydrogens is 328 g/mol. The number of carbonyl (C=O) groups excluding carboxylic acids is 1. The summed E-state index contributed by atoms with van der Waals surface area (Å²) in [7, 11) is 3.31. The normalized spacial score (nSPS) is 10.5. The zero-order valence-corrected chi connectivity index (χ0v) is 15.7. The van der Waals surface area contributed by atoms with Crippen LogP contribution in [-0.4, -0.2) is 33.2 Å². The topological polar surface area (TPSA) is 44.8 Å². The first-order valence-corrected chi connectivity index (χ1v) is 9.06. The Morgan fingerprint density at radius 2 is 1.27 bits per heavy atom. The largest absolute Gasteiger partial charge is 0.497 e. The van der Waals surface area contributed by atoms with Crippen LogP contribution in [0.5, 0.6) is 11.5 Å². The number of carbonyl (C=O) groups is 1. The summed E-state index contributed by atoms with van der Waals surface area (Å²) in [5, 5.41) is 0. The average Bonchev–Trinajstić information content (AvgIpc) is 2.69. The van der Waals surface area contributed by atoms with Gasteiger partial charge in [-0.05, 0) is 54.7 Å². The van der Waals surface area contributed by atoms with E-state index >= 15 is 0 Å². The molecule has 0 unspecified atom stereocenters. The summed E-state index contributed by atoms with van der Waals surface area (Å²) in [5.41, 5.74) is 2.39. The predicted octanol–water partition coefficient (Wildman–Crippen LogP) is 4.25. The molecule has 0 heterocycles. The van der Waals surface area contributed by atoms with E-state index in [1.54, 1.807) is 14.2 Å². The van der Waals surface area contributed by atoms with Crippen LogP contribution in [0.25, 0.3) is 0 Å². The Bertz CT molecular complexity index is 647. The molecule has 26 heavy (non-hydrogen) atoms. The summed E-state index contributed by atoms with van der Waals surface area (Å²) in [5.74, 6) is 1.99. The minimum absolute atomic E-state index is 0.291. The molecule has 0 spiro atoms. The monoisotopic (exact) mass is 356 g/mol. The van der Waals surface area contributed by atoms with Crippen LogP contribution < -0.4 is 9.47 Å². The highest BCUT2D eigenvalue weighted by Crippen LogP contribution is 2.13. The Kier molecular flexibility index (Phi) is 8.70. The van der Waals surface area contributed by atoms with E-state index in [0.29, 0.717) is 31.8 Å². The first kappa shape index (κ1) is 20.0. The number of ether oxygens (including phenoxy) is 3. The maximum absolute atomic E-state index is 12.0. The molecule has 0 aromatic heterocycles. The third kappa shape index (κ3) is 7.28. The molecule has 0 aliphatic heterocycles. The van der Waals surface area contributed by atoms with Crippen LogP contribution in [0.1, 0.15) is 30.4 Å². The van der Waals surface area contributed by atoms with Crippen LogP contribution in [0.3, 0.4) is 0 Å². The molecule has 0 radical (unpaired) electrons. The summed E-state index contributed by atoms with van der Waals surface area (Å²) in [6.07, 6.45) is 3.59. The Morgan fingerprint density at radius 1 is 0.731 bits per heavy atom. The Hall–Kier alpha value is -2.33. The molecule has 2 aromatic carbocycles. The molecule has 0 amide bonds. The van der Waals surface area contributed by atoms with Gasteiger partial charge in [-0.1, -0.05) is 24.3 Å². The second-order valence-corrected chi connectivity index (χ2v) is 6.20. The first-order valence-electron chi connectivity index (χ1n) is 9.06. The van der Waals surface area contributed by atoms with Crippen molar-refractivity contribution in [3.8, 4) is 11.5 Å². The SMILES string of the molecule is COc1ccc(CCOCCCC(=O)CCc2ccc(OC)cc2)cc1. The minimum Gasteiger partial charge on any atom is -0.497 e. The molecule has 4 heteroatoms. The number of methoxy groups -OCH3 is 2. The molecule has 0 fully saturated rings. The fourth-order valence-corrected chi connectivity index (χ4v) is 2.66. The lowest BCUT2D eigenvalue weighted by Gasteiger charge is -2.06. The second kappa shape index (κ2) is 11.3. The fraction of sp³-hybridized carbons (Fsp3) is 0.409. The van der Waals surface area contributed by atoms with E-state index < -0.39 is 0 Å². The molecule has 140 valence electrons. The third-order valence-electron chi connectivity index (χ3n) is 4.29. The van der Waals surface area contributed by atoms with Crippen LogP contribution in [-0.2, 0) is 22.4 Å². The van der Waals surface area contributed by atoms with Gasteiger partial charge in [-0.3, -0.25) is 4.79 Å². The van der Waals surface area contributed by atoms with Gasteiger partial charge in [0.15, 0.2) is 0 Å². The molecule has 4 nitrogen and oxygen atoms in total. The van der Waals surface area contributed by atoms with Gasteiger partial charge in [0.25, 0.3) is 0 Å². The lowest BCUT2D eigenvalue weighted by molar-refractivity contribution is -0.119. The summed E-state index contributed by atoms with van der Waals surface area (Å²) >= 11 is 0. The maximum atomic E-state index is 12.0. The van der Waals surface area contributed by atoms with E-state index in [1.807, 2.05) is 48.5 Å². The van der Waals surface area contributed by atoms with Gasteiger partial charge in [0.1, 0.15) is 17.3 Å². The highest BCUT2D eigenvalue weighted by Gasteiger charge is 2.03. The number of hydrogen-bond donors (Lipinski definition) is 0. The van der Waals surface area contributed by atoms with Crippen molar-refractivity contribution in [3.63, 3.8) is 0 Å². The molecule has 0 aliphatic rings. The molecular formula is C22H28O4. The van der Waals surface area contributed by atoms with Crippen molar-refractivity contribution in [1.29, 1.82) is 0 Å². The van der Waals surface area contributed by atoms with Gasteiger partial charge in [-0.2, -0.15) is 0 Å². The van der Waals surface area contributed by atoms with Gasteiger partial charge >= 0.3 is 0 Å². The van der Waals surface area contributed by atoms with Gasteiger partial charge in [0.05, 0.1) is 20.8 Å². The zero-order chi connectivity index (χ0) is 18.6. The Labute approximate surface area is 156 Å². The van der Waals surface area contributed by atoms with E-state index in [1.165, 1.54) is 5.56 Å². The van der Waals surface area contributed by atoms with Gasteiger partial charge in [0, 0.05) is 19.4 Å². The van der Waals surface area contributed by atoms with Gasteiger partial charge in [0.2, 0.25) is 0 Å². The quantitative estimate of drug-likeness (QED) is 0.534. The van der Waals surface area contributed by atoms with E-state index in [0.717, 1.165) is 36.3 Å². The lowest BCUT2D eigenvalue weighted by atomic mass is 10.1. The van der Waals surface area contributed by atoms with E-state index in [9.17, 15) is 4.79 Å². The summed E-state index contributed by atoms with van der Waals surface area (Å²) in [4.78, 5) is 12.0. The summed E-state index contributed by atoms with van der Waals surface area (Å²) < 4.78 is 15.9. The van der Waals surface area contributed by atoms with Crippen molar-refractivity contribution < 1.29 is 19.0 Å². The van der Waals surface area contributed by atoms with Crippen molar-refractivity contribution in [2.45, 2.75) is 32.1 Å². The van der Waals surface area contributed by atoms with Crippen LogP contribution in [0.2, 0.25) is 0 Å². The van der Waals surface area contributed by atoms with Crippen LogP contribution in [0.15, 0.2) is 48.5 Å². The Morgan fingerprint density at radius 3 is 1.81 bits per heavy atom. The van der Waals surface area contributed by atoms with Crippen LogP contribution >= 0.6 is 0 Å². The molecule has 2 rings (SSSR count). The number of rotatable bonds is 12. The molecule has 0 N–H and O–H groups in total. The smallest absolute Gasteiger partial charge is 0.133 e. The molecule has 0 atom stereocenters. The van der Waals surface area contributed by atoms with Crippen LogP contribution in [0.4, 0.5) is 0 Å². The van der Waals surface area contributed by atoms with Crippen molar-refractivity contribution >= 4 is 5.78 Å². The number of aryl methyl sites for hydroxylation is 1. The van der Waals surface area contributed by atoms with Crippen molar-refractivity contribution in [3.05, 3.63) is 59.7 Å². The van der Waals surface area contributed by atoms with E-state index in [2.05, 4.69) is 0 Å².